The van der Waals surface area contributed by atoms with Gasteiger partial charge in [-0.25, -0.2) is 4.98 Å². The average Bonchev–Trinajstić information content (AvgIpc) is 3.14. The molecule has 0 saturated carbocycles. The van der Waals surface area contributed by atoms with E-state index in [2.05, 4.69) is 57.8 Å². The van der Waals surface area contributed by atoms with Gasteiger partial charge >= 0.3 is 0 Å². The lowest BCUT2D eigenvalue weighted by Crippen LogP contribution is -2.16. The molecule has 25 heavy (non-hydrogen) atoms. The van der Waals surface area contributed by atoms with Crippen molar-refractivity contribution in [2.45, 2.75) is 26.8 Å². The minimum Gasteiger partial charge on any atom is -0.361 e. The molecular formula is C20H23N5. The van der Waals surface area contributed by atoms with Gasteiger partial charge in [-0.1, -0.05) is 12.1 Å². The van der Waals surface area contributed by atoms with Crippen molar-refractivity contribution in [3.05, 3.63) is 59.0 Å². The van der Waals surface area contributed by atoms with Crippen molar-refractivity contribution >= 4 is 21.9 Å². The molecule has 0 saturated heterocycles. The predicted molar refractivity (Wildman–Crippen MR) is 102 cm³/mol. The van der Waals surface area contributed by atoms with Crippen LogP contribution < -0.4 is 5.32 Å². The van der Waals surface area contributed by atoms with Crippen molar-refractivity contribution in [3.63, 3.8) is 0 Å². The Morgan fingerprint density at radius 3 is 3.00 bits per heavy atom. The van der Waals surface area contributed by atoms with Gasteiger partial charge in [0, 0.05) is 42.3 Å². The zero-order valence-corrected chi connectivity index (χ0v) is 14.9. The lowest BCUT2D eigenvalue weighted by Gasteiger charge is -2.06. The molecule has 0 aliphatic carbocycles. The highest BCUT2D eigenvalue weighted by molar-refractivity contribution is 5.86. The molecule has 0 radical (unpaired) electrons. The maximum Gasteiger partial charge on any atom is 0.157 e. The Hall–Kier alpha value is -2.66. The average molecular weight is 333 g/mol. The minimum absolute atomic E-state index is 0.818. The molecule has 1 aromatic carbocycles. The number of aromatic nitrogens is 4. The maximum atomic E-state index is 4.54. The molecule has 0 bridgehead atoms. The molecule has 0 aliphatic heterocycles. The third kappa shape index (κ3) is 2.91. The Labute approximate surface area is 147 Å². The first-order valence-electron chi connectivity index (χ1n) is 8.68. The Bertz CT molecular complexity index is 1040. The van der Waals surface area contributed by atoms with E-state index in [0.717, 1.165) is 36.2 Å². The summed E-state index contributed by atoms with van der Waals surface area (Å²) < 4.78 is 1.83. The molecular weight excluding hydrogens is 310 g/mol. The second-order valence-corrected chi connectivity index (χ2v) is 6.66. The molecule has 0 atom stereocenters. The quantitative estimate of drug-likeness (QED) is 0.550. The summed E-state index contributed by atoms with van der Waals surface area (Å²) in [5, 5.41) is 10.5. The van der Waals surface area contributed by atoms with Crippen LogP contribution in [0.3, 0.4) is 0 Å². The van der Waals surface area contributed by atoms with E-state index in [4.69, 9.17) is 0 Å². The van der Waals surface area contributed by atoms with Crippen LogP contribution in [0, 0.1) is 13.8 Å². The second-order valence-electron chi connectivity index (χ2n) is 6.66. The van der Waals surface area contributed by atoms with Gasteiger partial charge in [0.25, 0.3) is 0 Å². The summed E-state index contributed by atoms with van der Waals surface area (Å²) in [6.07, 6.45) is 5.07. The van der Waals surface area contributed by atoms with Crippen molar-refractivity contribution in [2.75, 3.05) is 6.54 Å². The number of aromatic amines is 1. The number of aryl methyl sites for hydroxylation is 3. The standard InChI is InChI=1S/C20H23N5/c1-13-5-4-6-18-19(13)16(12-22-18)7-8-21-10-15-9-17-14(2)24-25(3)20(17)23-11-15/h4-6,9,11-12,21-22H,7-8,10H2,1-3H3. The molecule has 0 fully saturated rings. The Morgan fingerprint density at radius 1 is 1.24 bits per heavy atom. The van der Waals surface area contributed by atoms with Crippen molar-refractivity contribution in [3.8, 4) is 0 Å². The molecule has 5 heteroatoms. The van der Waals surface area contributed by atoms with E-state index in [-0.39, 0.29) is 0 Å². The highest BCUT2D eigenvalue weighted by Gasteiger charge is 2.08. The van der Waals surface area contributed by atoms with Crippen LogP contribution in [0.1, 0.15) is 22.4 Å². The first-order chi connectivity index (χ1) is 12.1. The summed E-state index contributed by atoms with van der Waals surface area (Å²) in [6, 6.07) is 8.59. The van der Waals surface area contributed by atoms with Gasteiger partial charge in [0.2, 0.25) is 0 Å². The molecule has 4 aromatic rings. The number of nitrogens with one attached hydrogen (secondary N) is 2. The number of H-pyrrole nitrogens is 1. The highest BCUT2D eigenvalue weighted by atomic mass is 15.3. The van der Waals surface area contributed by atoms with Crippen LogP contribution in [-0.2, 0) is 20.0 Å². The molecule has 0 spiro atoms. The molecule has 0 aliphatic rings. The number of benzene rings is 1. The molecule has 4 rings (SSSR count). The molecule has 128 valence electrons. The van der Waals surface area contributed by atoms with Crippen molar-refractivity contribution in [1.29, 1.82) is 0 Å². The van der Waals surface area contributed by atoms with Gasteiger partial charge in [-0.15, -0.1) is 0 Å². The topological polar surface area (TPSA) is 58.5 Å². The molecule has 0 unspecified atom stereocenters. The zero-order valence-electron chi connectivity index (χ0n) is 14.9. The van der Waals surface area contributed by atoms with Gasteiger partial charge in [0.15, 0.2) is 5.65 Å². The molecule has 0 amide bonds. The summed E-state index contributed by atoms with van der Waals surface area (Å²) in [5.41, 5.74) is 7.08. The van der Waals surface area contributed by atoms with E-state index < -0.39 is 0 Å². The summed E-state index contributed by atoms with van der Waals surface area (Å²) in [7, 11) is 1.93. The van der Waals surface area contributed by atoms with Crippen LogP contribution >= 0.6 is 0 Å². The third-order valence-electron chi connectivity index (χ3n) is 4.82. The summed E-state index contributed by atoms with van der Waals surface area (Å²) >= 11 is 0. The summed E-state index contributed by atoms with van der Waals surface area (Å²) in [6.45, 7) is 5.95. The lowest BCUT2D eigenvalue weighted by molar-refractivity contribution is 0.687. The Morgan fingerprint density at radius 2 is 2.12 bits per heavy atom. The zero-order chi connectivity index (χ0) is 17.4. The molecule has 3 aromatic heterocycles. The van der Waals surface area contributed by atoms with E-state index >= 15 is 0 Å². The van der Waals surface area contributed by atoms with Crippen LogP contribution in [-0.4, -0.2) is 26.3 Å². The van der Waals surface area contributed by atoms with Crippen LogP contribution in [0.4, 0.5) is 0 Å². The van der Waals surface area contributed by atoms with Gasteiger partial charge in [-0.3, -0.25) is 4.68 Å². The highest BCUT2D eigenvalue weighted by Crippen LogP contribution is 2.22. The largest absolute Gasteiger partial charge is 0.361 e. The van der Waals surface area contributed by atoms with Gasteiger partial charge in [0.05, 0.1) is 5.69 Å². The van der Waals surface area contributed by atoms with Gasteiger partial charge in [-0.2, -0.15) is 5.10 Å². The number of hydrogen-bond donors (Lipinski definition) is 2. The van der Waals surface area contributed by atoms with Crippen LogP contribution in [0.15, 0.2) is 36.7 Å². The van der Waals surface area contributed by atoms with Crippen molar-refractivity contribution in [1.82, 2.24) is 25.1 Å². The van der Waals surface area contributed by atoms with E-state index in [1.807, 2.05) is 24.9 Å². The van der Waals surface area contributed by atoms with Crippen molar-refractivity contribution < 1.29 is 0 Å². The fraction of sp³-hybridized carbons (Fsp3) is 0.300. The summed E-state index contributed by atoms with van der Waals surface area (Å²) in [4.78, 5) is 7.91. The van der Waals surface area contributed by atoms with E-state index in [1.165, 1.54) is 27.6 Å². The minimum atomic E-state index is 0.818. The number of pyridine rings is 1. The monoisotopic (exact) mass is 333 g/mol. The third-order valence-corrected chi connectivity index (χ3v) is 4.82. The van der Waals surface area contributed by atoms with E-state index in [0.29, 0.717) is 0 Å². The van der Waals surface area contributed by atoms with Crippen molar-refractivity contribution in [2.24, 2.45) is 7.05 Å². The fourth-order valence-corrected chi connectivity index (χ4v) is 3.55. The first-order valence-corrected chi connectivity index (χ1v) is 8.68. The van der Waals surface area contributed by atoms with Crippen LogP contribution in [0.2, 0.25) is 0 Å². The number of fused-ring (bicyclic) bond motifs is 2. The molecule has 5 nitrogen and oxygen atoms in total. The fourth-order valence-electron chi connectivity index (χ4n) is 3.55. The van der Waals surface area contributed by atoms with Gasteiger partial charge in [-0.05, 0) is 55.6 Å². The van der Waals surface area contributed by atoms with E-state index in [1.54, 1.807) is 0 Å². The lowest BCUT2D eigenvalue weighted by atomic mass is 10.1. The number of hydrogen-bond acceptors (Lipinski definition) is 3. The predicted octanol–water partition coefficient (Wildman–Crippen LogP) is 3.40. The Kier molecular flexibility index (Phi) is 4.01. The Balaban J connectivity index is 1.41. The summed E-state index contributed by atoms with van der Waals surface area (Å²) in [5.74, 6) is 0. The van der Waals surface area contributed by atoms with Crippen LogP contribution in [0.25, 0.3) is 21.9 Å². The number of nitrogens with zero attached hydrogens (tertiary/aromatic N) is 3. The molecule has 3 heterocycles. The first kappa shape index (κ1) is 15.8. The normalized spacial score (nSPS) is 11.6. The van der Waals surface area contributed by atoms with Gasteiger partial charge < -0.3 is 10.3 Å². The SMILES string of the molecule is Cc1nn(C)c2ncc(CNCCc3c[nH]c4cccc(C)c34)cc12. The van der Waals surface area contributed by atoms with E-state index in [9.17, 15) is 0 Å². The maximum absolute atomic E-state index is 4.54. The van der Waals surface area contributed by atoms with Crippen LogP contribution in [0.5, 0.6) is 0 Å². The number of rotatable bonds is 5. The van der Waals surface area contributed by atoms with Gasteiger partial charge in [0.1, 0.15) is 0 Å². The second kappa shape index (κ2) is 6.33. The molecule has 2 N–H and O–H groups in total. The smallest absolute Gasteiger partial charge is 0.157 e.